The molecule has 2 N–H and O–H groups in total. The molecule has 1 fully saturated rings. The molecule has 0 aromatic heterocycles. The van der Waals surface area contributed by atoms with Crippen molar-refractivity contribution >= 4 is 39.9 Å². The highest BCUT2D eigenvalue weighted by atomic mass is 79.9. The van der Waals surface area contributed by atoms with Crippen LogP contribution in [0.1, 0.15) is 24.2 Å². The van der Waals surface area contributed by atoms with Gasteiger partial charge in [-0.25, -0.2) is 0 Å². The molecular formula is C13H18BrClN2O. The normalized spacial score (nSPS) is 22.7. The lowest BCUT2D eigenvalue weighted by Crippen LogP contribution is -2.29. The van der Waals surface area contributed by atoms with Crippen molar-refractivity contribution in [3.8, 4) is 0 Å². The molecule has 1 heterocycles. The van der Waals surface area contributed by atoms with Crippen LogP contribution in [0.15, 0.2) is 22.7 Å². The molecule has 0 spiro atoms. The zero-order valence-electron chi connectivity index (χ0n) is 10.5. The van der Waals surface area contributed by atoms with Gasteiger partial charge in [0, 0.05) is 23.2 Å². The first-order chi connectivity index (χ1) is 7.99. The van der Waals surface area contributed by atoms with E-state index >= 15 is 0 Å². The van der Waals surface area contributed by atoms with Crippen molar-refractivity contribution in [2.75, 3.05) is 18.8 Å². The highest BCUT2D eigenvalue weighted by Crippen LogP contribution is 2.26. The Morgan fingerprint density at radius 1 is 1.33 bits per heavy atom. The minimum Gasteiger partial charge on any atom is -0.398 e. The number of halogens is 2. The minimum absolute atomic E-state index is 0. The van der Waals surface area contributed by atoms with Crippen LogP contribution in [0.5, 0.6) is 0 Å². The molecule has 1 saturated heterocycles. The molecule has 2 unspecified atom stereocenters. The number of likely N-dealkylation sites (tertiary alicyclic amines) is 1. The first kappa shape index (κ1) is 15.3. The lowest BCUT2D eigenvalue weighted by molar-refractivity contribution is 0.0786. The Bertz CT molecular complexity index is 443. The van der Waals surface area contributed by atoms with Gasteiger partial charge in [0.25, 0.3) is 5.91 Å². The van der Waals surface area contributed by atoms with E-state index in [9.17, 15) is 4.79 Å². The molecule has 1 aromatic rings. The lowest BCUT2D eigenvalue weighted by Gasteiger charge is -2.17. The van der Waals surface area contributed by atoms with E-state index in [1.54, 1.807) is 12.1 Å². The molecule has 18 heavy (non-hydrogen) atoms. The van der Waals surface area contributed by atoms with Crippen molar-refractivity contribution in [1.29, 1.82) is 0 Å². The molecular weight excluding hydrogens is 316 g/mol. The number of nitrogens with zero attached hydrogens (tertiary/aromatic N) is 1. The standard InChI is InChI=1S/C13H17BrN2O.ClH/c1-8-6-16(7-9(8)2)13(17)11-4-3-10(14)5-12(11)15;/h3-5,8-9H,6-7,15H2,1-2H3;1H. The number of hydrogen-bond donors (Lipinski definition) is 1. The number of anilines is 1. The van der Waals surface area contributed by atoms with Crippen LogP contribution in [-0.4, -0.2) is 23.9 Å². The number of amides is 1. The monoisotopic (exact) mass is 332 g/mol. The van der Waals surface area contributed by atoms with Gasteiger partial charge in [-0.3, -0.25) is 4.79 Å². The average molecular weight is 334 g/mol. The lowest BCUT2D eigenvalue weighted by atomic mass is 10.0. The van der Waals surface area contributed by atoms with Gasteiger partial charge in [0.15, 0.2) is 0 Å². The molecule has 1 aromatic carbocycles. The highest BCUT2D eigenvalue weighted by Gasteiger charge is 2.30. The summed E-state index contributed by atoms with van der Waals surface area (Å²) in [5.41, 5.74) is 7.03. The van der Waals surface area contributed by atoms with Crippen molar-refractivity contribution in [2.45, 2.75) is 13.8 Å². The second-order valence-corrected chi connectivity index (χ2v) is 5.81. The Hall–Kier alpha value is -0.740. The summed E-state index contributed by atoms with van der Waals surface area (Å²) in [6, 6.07) is 5.41. The SMILES string of the molecule is CC1CN(C(=O)c2ccc(Br)cc2N)CC1C.Cl. The Morgan fingerprint density at radius 3 is 2.39 bits per heavy atom. The number of carbonyl (C=O) groups is 1. The Balaban J connectivity index is 0.00000162. The third kappa shape index (κ3) is 2.98. The van der Waals surface area contributed by atoms with Crippen molar-refractivity contribution in [1.82, 2.24) is 4.90 Å². The first-order valence-electron chi connectivity index (χ1n) is 5.83. The van der Waals surface area contributed by atoms with Gasteiger partial charge in [0.1, 0.15) is 0 Å². The van der Waals surface area contributed by atoms with Crippen LogP contribution in [0.25, 0.3) is 0 Å². The zero-order chi connectivity index (χ0) is 12.6. The predicted molar refractivity (Wildman–Crippen MR) is 80.0 cm³/mol. The largest absolute Gasteiger partial charge is 0.398 e. The van der Waals surface area contributed by atoms with Crippen LogP contribution in [0.2, 0.25) is 0 Å². The second kappa shape index (κ2) is 5.93. The summed E-state index contributed by atoms with van der Waals surface area (Å²) in [6.07, 6.45) is 0. The molecule has 1 amide bonds. The van der Waals surface area contributed by atoms with Crippen LogP contribution < -0.4 is 5.73 Å². The number of nitrogen functional groups attached to an aromatic ring is 1. The highest BCUT2D eigenvalue weighted by molar-refractivity contribution is 9.10. The molecule has 0 radical (unpaired) electrons. The molecule has 2 rings (SSSR count). The van der Waals surface area contributed by atoms with Crippen molar-refractivity contribution in [2.24, 2.45) is 11.8 Å². The van der Waals surface area contributed by atoms with E-state index in [0.717, 1.165) is 17.6 Å². The molecule has 0 bridgehead atoms. The summed E-state index contributed by atoms with van der Waals surface area (Å²) in [6.45, 7) is 6.02. The number of nitrogens with two attached hydrogens (primary N) is 1. The molecule has 0 saturated carbocycles. The topological polar surface area (TPSA) is 46.3 Å². The van der Waals surface area contributed by atoms with Gasteiger partial charge in [-0.05, 0) is 30.0 Å². The quantitative estimate of drug-likeness (QED) is 0.802. The van der Waals surface area contributed by atoms with Crippen molar-refractivity contribution in [3.63, 3.8) is 0 Å². The summed E-state index contributed by atoms with van der Waals surface area (Å²) in [7, 11) is 0. The Labute approximate surface area is 122 Å². The predicted octanol–water partition coefficient (Wildman–Crippen LogP) is 3.18. The van der Waals surface area contributed by atoms with E-state index < -0.39 is 0 Å². The van der Waals surface area contributed by atoms with E-state index in [-0.39, 0.29) is 18.3 Å². The van der Waals surface area contributed by atoms with E-state index in [4.69, 9.17) is 5.73 Å². The second-order valence-electron chi connectivity index (χ2n) is 4.90. The summed E-state index contributed by atoms with van der Waals surface area (Å²) >= 11 is 3.34. The van der Waals surface area contributed by atoms with Gasteiger partial charge in [-0.15, -0.1) is 12.4 Å². The van der Waals surface area contributed by atoms with Crippen LogP contribution in [-0.2, 0) is 0 Å². The fourth-order valence-corrected chi connectivity index (χ4v) is 2.57. The van der Waals surface area contributed by atoms with Gasteiger partial charge < -0.3 is 10.6 Å². The fraction of sp³-hybridized carbons (Fsp3) is 0.462. The molecule has 100 valence electrons. The van der Waals surface area contributed by atoms with Crippen molar-refractivity contribution in [3.05, 3.63) is 28.2 Å². The van der Waals surface area contributed by atoms with E-state index in [1.807, 2.05) is 11.0 Å². The number of rotatable bonds is 1. The van der Waals surface area contributed by atoms with Crippen molar-refractivity contribution < 1.29 is 4.79 Å². The summed E-state index contributed by atoms with van der Waals surface area (Å²) < 4.78 is 0.898. The van der Waals surface area contributed by atoms with Crippen LogP contribution in [0, 0.1) is 11.8 Å². The molecule has 3 nitrogen and oxygen atoms in total. The van der Waals surface area contributed by atoms with E-state index in [2.05, 4.69) is 29.8 Å². The third-order valence-electron chi connectivity index (χ3n) is 3.52. The number of benzene rings is 1. The minimum atomic E-state index is 0. The zero-order valence-corrected chi connectivity index (χ0v) is 12.9. The molecule has 1 aliphatic heterocycles. The summed E-state index contributed by atoms with van der Waals surface area (Å²) in [5.74, 6) is 1.18. The smallest absolute Gasteiger partial charge is 0.255 e. The van der Waals surface area contributed by atoms with Crippen LogP contribution in [0.4, 0.5) is 5.69 Å². The first-order valence-corrected chi connectivity index (χ1v) is 6.62. The van der Waals surface area contributed by atoms with Gasteiger partial charge in [0.05, 0.1) is 5.56 Å². The molecule has 1 aliphatic rings. The van der Waals surface area contributed by atoms with Crippen LogP contribution >= 0.6 is 28.3 Å². The van der Waals surface area contributed by atoms with Gasteiger partial charge in [0.2, 0.25) is 0 Å². The van der Waals surface area contributed by atoms with Gasteiger partial charge in [-0.2, -0.15) is 0 Å². The molecule has 0 aliphatic carbocycles. The molecule has 2 atom stereocenters. The summed E-state index contributed by atoms with van der Waals surface area (Å²) in [5, 5.41) is 0. The van der Waals surface area contributed by atoms with Crippen LogP contribution in [0.3, 0.4) is 0 Å². The third-order valence-corrected chi connectivity index (χ3v) is 4.01. The van der Waals surface area contributed by atoms with Gasteiger partial charge in [-0.1, -0.05) is 29.8 Å². The maximum Gasteiger partial charge on any atom is 0.255 e. The summed E-state index contributed by atoms with van der Waals surface area (Å²) in [4.78, 5) is 14.2. The van der Waals surface area contributed by atoms with E-state index in [0.29, 0.717) is 23.1 Å². The Kier molecular flexibility index (Phi) is 5.05. The number of hydrogen-bond acceptors (Lipinski definition) is 2. The Morgan fingerprint density at radius 2 is 1.89 bits per heavy atom. The fourth-order valence-electron chi connectivity index (χ4n) is 2.19. The van der Waals surface area contributed by atoms with Gasteiger partial charge >= 0.3 is 0 Å². The maximum atomic E-state index is 12.3. The average Bonchev–Trinajstić information content (AvgIpc) is 2.58. The molecule has 5 heteroatoms. The van der Waals surface area contributed by atoms with E-state index in [1.165, 1.54) is 0 Å². The maximum absolute atomic E-state index is 12.3. The number of carbonyl (C=O) groups excluding carboxylic acids is 1.